The molecule has 0 unspecified atom stereocenters. The zero-order valence-electron chi connectivity index (χ0n) is 28.0. The average Bonchev–Trinajstić information content (AvgIpc) is 2.97. The quantitative estimate of drug-likeness (QED) is 0.0400. The van der Waals surface area contributed by atoms with Gasteiger partial charge in [0, 0.05) is 19.3 Å². The summed E-state index contributed by atoms with van der Waals surface area (Å²) in [5.41, 5.74) is 17.2. The van der Waals surface area contributed by atoms with Crippen LogP contribution in [0.4, 0.5) is 0 Å². The van der Waals surface area contributed by atoms with E-state index in [0.717, 1.165) is 0 Å². The van der Waals surface area contributed by atoms with Crippen LogP contribution in [0.2, 0.25) is 0 Å². The van der Waals surface area contributed by atoms with Gasteiger partial charge in [0.25, 0.3) is 0 Å². The maximum absolute atomic E-state index is 13.3. The van der Waals surface area contributed by atoms with Crippen LogP contribution in [-0.2, 0) is 47.8 Å². The molecule has 19 nitrogen and oxygen atoms in total. The van der Waals surface area contributed by atoms with E-state index >= 15 is 0 Å². The molecule has 0 aromatic heterocycles. The molecule has 0 radical (unpaired) electrons. The molecule has 4 N–H and O–H groups in total. The minimum atomic E-state index is -1.43. The number of amides is 4. The van der Waals surface area contributed by atoms with Crippen molar-refractivity contribution in [1.29, 1.82) is 0 Å². The Bertz CT molecular complexity index is 1270. The van der Waals surface area contributed by atoms with Crippen molar-refractivity contribution < 1.29 is 57.4 Å². The fourth-order valence-electron chi connectivity index (χ4n) is 3.81. The number of ether oxygens (including phenoxy) is 2. The normalized spacial score (nSPS) is 12.4. The number of esters is 2. The van der Waals surface area contributed by atoms with Crippen molar-refractivity contribution in [3.05, 3.63) is 11.1 Å². The lowest BCUT2D eigenvalue weighted by atomic mass is 10.0. The first-order chi connectivity index (χ1) is 22.5. The molecule has 19 heteroatoms. The smallest absolute Gasteiger partial charge is 0.328 e. The van der Waals surface area contributed by atoms with E-state index in [4.69, 9.17) is 20.5 Å². The Balaban J connectivity index is 5.83. The summed E-state index contributed by atoms with van der Waals surface area (Å²) in [6, 6.07) is -4.10. The van der Waals surface area contributed by atoms with Crippen LogP contribution in [0.3, 0.4) is 0 Å². The first kappa shape index (κ1) is 42.9. The first-order valence-electron chi connectivity index (χ1n) is 15.1. The topological polar surface area (TPSA) is 279 Å². The molecule has 4 amide bonds. The van der Waals surface area contributed by atoms with Gasteiger partial charge in [-0.15, -0.1) is 0 Å². The lowest BCUT2D eigenvalue weighted by molar-refractivity contribution is -0.152. The van der Waals surface area contributed by atoms with Crippen LogP contribution in [0.15, 0.2) is 0 Å². The summed E-state index contributed by atoms with van der Waals surface area (Å²) in [6.07, 6.45) is -1.87. The summed E-state index contributed by atoms with van der Waals surface area (Å²) in [7, 11) is 3.33. The summed E-state index contributed by atoms with van der Waals surface area (Å²) in [4.78, 5) is 107. The average molecular weight is 680 g/mol. The van der Waals surface area contributed by atoms with Gasteiger partial charge in [0.1, 0.15) is 18.1 Å². The molecule has 0 aromatic carbocycles. The van der Waals surface area contributed by atoms with Crippen LogP contribution in [0, 0.1) is 0 Å². The fraction of sp³-hybridized carbons (Fsp3) is 0.655. The van der Waals surface area contributed by atoms with Crippen LogP contribution in [0.25, 0.3) is 11.1 Å². The Morgan fingerprint density at radius 3 is 1.54 bits per heavy atom. The number of rotatable bonds is 23. The van der Waals surface area contributed by atoms with Crippen LogP contribution < -0.4 is 21.3 Å². The number of nitrogens with zero attached hydrogens (tertiary/aromatic N) is 5. The molecule has 0 bridgehead atoms. The van der Waals surface area contributed by atoms with Crippen molar-refractivity contribution in [3.8, 4) is 0 Å². The molecular weight excluding hydrogens is 634 g/mol. The second-order valence-corrected chi connectivity index (χ2v) is 11.3. The zero-order valence-corrected chi connectivity index (χ0v) is 28.0. The number of likely N-dealkylation sites (N-methyl/N-ethyl adjacent to an activating group) is 1. The lowest BCUT2D eigenvalue weighted by Gasteiger charge is -2.23. The van der Waals surface area contributed by atoms with E-state index in [-0.39, 0.29) is 38.6 Å². The minimum Gasteiger partial charge on any atom is -0.461 e. The Labute approximate surface area is 278 Å². The monoisotopic (exact) mass is 679 g/mol. The summed E-state index contributed by atoms with van der Waals surface area (Å²) >= 11 is 0. The minimum absolute atomic E-state index is 0.0235. The third kappa shape index (κ3) is 20.1. The molecule has 266 valence electrons. The maximum atomic E-state index is 13.3. The number of hydrogen-bond acceptors (Lipinski definition) is 11. The molecule has 0 saturated carbocycles. The summed E-state index contributed by atoms with van der Waals surface area (Å²) in [6.45, 7) is 5.86. The molecule has 0 fully saturated rings. The van der Waals surface area contributed by atoms with Crippen molar-refractivity contribution in [2.45, 2.75) is 96.6 Å². The zero-order chi connectivity index (χ0) is 36.8. The van der Waals surface area contributed by atoms with E-state index in [2.05, 4.69) is 30.8 Å². The number of carbonyl (C=O) groups excluding carboxylic acids is 8. The fourth-order valence-corrected chi connectivity index (χ4v) is 3.81. The Morgan fingerprint density at radius 1 is 0.646 bits per heavy atom. The van der Waals surface area contributed by atoms with Crippen LogP contribution in [-0.4, -0.2) is 132 Å². The molecular formula is C29H45N9O10. The van der Waals surface area contributed by atoms with Gasteiger partial charge in [-0.05, 0) is 61.1 Å². The number of nitrogens with one attached hydrogen (secondary N) is 4. The largest absolute Gasteiger partial charge is 0.461 e. The van der Waals surface area contributed by atoms with Gasteiger partial charge in [-0.3, -0.25) is 28.8 Å². The molecule has 0 aliphatic carbocycles. The van der Waals surface area contributed by atoms with Crippen molar-refractivity contribution in [2.24, 2.45) is 0 Å². The van der Waals surface area contributed by atoms with Gasteiger partial charge >= 0.3 is 24.4 Å². The van der Waals surface area contributed by atoms with Gasteiger partial charge in [0.05, 0.1) is 25.3 Å². The van der Waals surface area contributed by atoms with Gasteiger partial charge in [-0.1, -0.05) is 0 Å². The number of carbonyl (C=O) groups is 8. The van der Waals surface area contributed by atoms with Gasteiger partial charge in [-0.2, -0.15) is 9.58 Å². The molecule has 0 heterocycles. The third-order valence-electron chi connectivity index (χ3n) is 5.90. The predicted octanol–water partition coefficient (Wildman–Crippen LogP) is -1.90. The van der Waals surface area contributed by atoms with E-state index in [0.29, 0.717) is 12.4 Å². The molecule has 48 heavy (non-hydrogen) atoms. The Hall–Kier alpha value is -5.12. The maximum Gasteiger partial charge on any atom is 0.328 e. The van der Waals surface area contributed by atoms with E-state index in [1.165, 1.54) is 0 Å². The van der Waals surface area contributed by atoms with Crippen molar-refractivity contribution >= 4 is 59.6 Å². The highest BCUT2D eigenvalue weighted by Gasteiger charge is 2.30. The van der Waals surface area contributed by atoms with Crippen molar-refractivity contribution in [2.75, 3.05) is 27.2 Å². The van der Waals surface area contributed by atoms with E-state index in [1.54, 1.807) is 46.7 Å². The first-order valence-corrected chi connectivity index (χ1v) is 15.1. The van der Waals surface area contributed by atoms with Crippen LogP contribution in [0.5, 0.6) is 0 Å². The van der Waals surface area contributed by atoms with Gasteiger partial charge in [0.2, 0.25) is 35.2 Å². The van der Waals surface area contributed by atoms with E-state index in [1.807, 2.05) is 0 Å². The van der Waals surface area contributed by atoms with E-state index in [9.17, 15) is 38.4 Å². The van der Waals surface area contributed by atoms with Crippen molar-refractivity contribution in [1.82, 2.24) is 26.2 Å². The highest BCUT2D eigenvalue weighted by molar-refractivity contribution is 6.25. The standard InChI is InChI=1S/C29H45N9O10/c1-17(2)47-28(45)22(36-25(42)15-32-26(43)16-38(5)6)11-12-24(41)35-21(9-7-19(39)13-33-30)27(44)37-23(29(46)48-18(3)4)10-8-20(40)14-34-31/h13-14,17-18,21-23H,7-12,15-16H2,1-6H3,(H,32,43)(H,35,41)(H,36,42)(H,37,44)/t21-,22-,23-/m0/s1. The second-order valence-electron chi connectivity index (χ2n) is 11.3. The second kappa shape index (κ2) is 23.2. The molecule has 0 spiro atoms. The number of ketones is 2. The molecule has 0 rings (SSSR count). The van der Waals surface area contributed by atoms with E-state index < -0.39 is 90.4 Å². The Kier molecular flexibility index (Phi) is 20.8. The lowest BCUT2D eigenvalue weighted by Crippen LogP contribution is -2.52. The predicted molar refractivity (Wildman–Crippen MR) is 167 cm³/mol. The summed E-state index contributed by atoms with van der Waals surface area (Å²) < 4.78 is 10.3. The van der Waals surface area contributed by atoms with Crippen LogP contribution in [0.1, 0.15) is 66.2 Å². The molecule has 3 atom stereocenters. The van der Waals surface area contributed by atoms with Gasteiger partial charge < -0.3 is 46.7 Å². The SMILES string of the molecule is CC(C)OC(=O)[C@H](CCC(=O)N[C@@H](CCC(=O)C=[N+]=[N-])C(=O)N[C@@H](CCC(=O)C=[N+]=[N-])C(=O)OC(C)C)NC(=O)CNC(=O)CN(C)C. The number of hydrogen-bond donors (Lipinski definition) is 4. The highest BCUT2D eigenvalue weighted by atomic mass is 16.5. The molecule has 0 saturated heterocycles. The van der Waals surface area contributed by atoms with Crippen molar-refractivity contribution in [3.63, 3.8) is 0 Å². The Morgan fingerprint density at radius 2 is 1.08 bits per heavy atom. The number of Topliss-reactive ketones (excluding diaryl/α,β-unsaturated/α-hetero) is 2. The molecule has 0 aromatic rings. The summed E-state index contributed by atoms with van der Waals surface area (Å²) in [5.74, 6) is -5.95. The molecule has 0 aliphatic rings. The van der Waals surface area contributed by atoms with Gasteiger partial charge in [0.15, 0.2) is 0 Å². The van der Waals surface area contributed by atoms with Crippen LogP contribution >= 0.6 is 0 Å². The third-order valence-corrected chi connectivity index (χ3v) is 5.90. The highest BCUT2D eigenvalue weighted by Crippen LogP contribution is 2.08. The summed E-state index contributed by atoms with van der Waals surface area (Å²) in [5, 5.41) is 9.63. The van der Waals surface area contributed by atoms with Gasteiger partial charge in [-0.25, -0.2) is 9.59 Å². The molecule has 0 aliphatic heterocycles.